The Morgan fingerprint density at radius 1 is 1.25 bits per heavy atom. The molecule has 1 aromatic carbocycles. The second kappa shape index (κ2) is 10.1. The van der Waals surface area contributed by atoms with Crippen molar-refractivity contribution in [1.82, 2.24) is 0 Å². The number of rotatable bonds is 3. The largest absolute Gasteiger partial charge is 1.00 e. The molecular weight excluding hydrogens is 286 g/mol. The van der Waals surface area contributed by atoms with Crippen LogP contribution < -0.4 is 29.6 Å². The summed E-state index contributed by atoms with van der Waals surface area (Å²) in [4.78, 5) is 21.6. The molecule has 20 heavy (non-hydrogen) atoms. The predicted octanol–water partition coefficient (Wildman–Crippen LogP) is 0.202. The molecule has 6 heteroatoms. The van der Waals surface area contributed by atoms with Crippen molar-refractivity contribution in [3.05, 3.63) is 35.4 Å². The van der Waals surface area contributed by atoms with E-state index in [1.807, 2.05) is 0 Å². The number of unbranched alkanes of at least 4 members (excludes halogenated alkanes) is 1. The predicted molar refractivity (Wildman–Crippen MR) is 76.9 cm³/mol. The molecule has 0 saturated carbocycles. The van der Waals surface area contributed by atoms with Gasteiger partial charge in [0, 0.05) is 0 Å². The van der Waals surface area contributed by atoms with Crippen molar-refractivity contribution >= 4 is 7.82 Å². The summed E-state index contributed by atoms with van der Waals surface area (Å²) < 4.78 is 8.88. The molecule has 0 fully saturated rings. The van der Waals surface area contributed by atoms with Gasteiger partial charge in [0.15, 0.2) is 0 Å². The first-order valence-corrected chi connectivity index (χ1v) is 7.90. The van der Waals surface area contributed by atoms with Crippen molar-refractivity contribution < 1.29 is 48.8 Å². The average Bonchev–Trinajstić information content (AvgIpc) is 2.23. The Morgan fingerprint density at radius 2 is 1.75 bits per heavy atom. The zero-order valence-electron chi connectivity index (χ0n) is 13.1. The van der Waals surface area contributed by atoms with Crippen LogP contribution in [0.2, 0.25) is 0 Å². The zero-order chi connectivity index (χ0) is 15.1. The third-order valence-corrected chi connectivity index (χ3v) is 2.49. The van der Waals surface area contributed by atoms with E-state index in [9.17, 15) is 0 Å². The average molecular weight is 310 g/mol. The molecule has 0 radical (unpaired) electrons. The summed E-state index contributed by atoms with van der Waals surface area (Å²) in [5.41, 5.74) is 3.00. The van der Waals surface area contributed by atoms with E-state index in [0.717, 1.165) is 0 Å². The molecule has 1 aromatic rings. The maximum Gasteiger partial charge on any atom is 1.00 e. The van der Waals surface area contributed by atoms with E-state index in [4.69, 9.17) is 19.2 Å². The van der Waals surface area contributed by atoms with Crippen molar-refractivity contribution in [3.63, 3.8) is 0 Å². The number of hydrogen-bond donors (Lipinski definition) is 3. The van der Waals surface area contributed by atoms with Gasteiger partial charge in [0.25, 0.3) is 0 Å². The SMILES string of the molecule is CCCCc1cc[c-]c(C(C)(C)C)c1.O=P(O)(O)O.[Na+]. The fourth-order valence-corrected chi connectivity index (χ4v) is 1.48. The van der Waals surface area contributed by atoms with Crippen LogP contribution in [0.3, 0.4) is 0 Å². The van der Waals surface area contributed by atoms with E-state index in [1.54, 1.807) is 0 Å². The molecule has 0 aromatic heterocycles. The second-order valence-corrected chi connectivity index (χ2v) is 6.50. The summed E-state index contributed by atoms with van der Waals surface area (Å²) >= 11 is 0. The first kappa shape index (κ1) is 22.6. The Kier molecular flexibility index (Phi) is 11.4. The van der Waals surface area contributed by atoms with E-state index in [2.05, 4.69) is 52.0 Å². The van der Waals surface area contributed by atoms with Crippen molar-refractivity contribution in [1.29, 1.82) is 0 Å². The van der Waals surface area contributed by atoms with Crippen LogP contribution in [0.15, 0.2) is 18.2 Å². The minimum Gasteiger partial charge on any atom is -0.303 e. The first-order chi connectivity index (χ1) is 8.54. The van der Waals surface area contributed by atoms with Crippen LogP contribution >= 0.6 is 7.82 Å². The van der Waals surface area contributed by atoms with Crippen molar-refractivity contribution in [2.24, 2.45) is 0 Å². The van der Waals surface area contributed by atoms with Crippen LogP contribution in [0.25, 0.3) is 0 Å². The fraction of sp³-hybridized carbons (Fsp3) is 0.571. The van der Waals surface area contributed by atoms with Gasteiger partial charge in [-0.1, -0.05) is 47.0 Å². The Bertz CT molecular complexity index is 415. The summed E-state index contributed by atoms with van der Waals surface area (Å²) in [6.07, 6.45) is 3.76. The van der Waals surface area contributed by atoms with Crippen LogP contribution in [-0.2, 0) is 16.4 Å². The molecule has 3 N–H and O–H groups in total. The van der Waals surface area contributed by atoms with Gasteiger partial charge in [-0.25, -0.2) is 4.57 Å². The molecule has 1 rings (SSSR count). The van der Waals surface area contributed by atoms with E-state index < -0.39 is 7.82 Å². The molecule has 0 atom stereocenters. The minimum absolute atomic E-state index is 0. The molecule has 0 aliphatic rings. The van der Waals surface area contributed by atoms with Gasteiger partial charge in [0.2, 0.25) is 0 Å². The van der Waals surface area contributed by atoms with Gasteiger partial charge < -0.3 is 14.7 Å². The van der Waals surface area contributed by atoms with Gasteiger partial charge in [-0.05, 0) is 5.41 Å². The minimum atomic E-state index is -4.64. The standard InChI is InChI=1S/C14H21.Na.H3O4P/c1-5-6-8-12-9-7-10-13(11-12)14(2,3)4;;1-5(2,3)4/h7,9,11H,5-6,8H2,1-4H3;;(H3,1,2,3,4)/q-1;+1;. The third kappa shape index (κ3) is 13.3. The van der Waals surface area contributed by atoms with Crippen molar-refractivity contribution in [2.45, 2.75) is 52.4 Å². The van der Waals surface area contributed by atoms with Crippen molar-refractivity contribution in [3.8, 4) is 0 Å². The number of aryl methyl sites for hydroxylation is 1. The molecule has 4 nitrogen and oxygen atoms in total. The fourth-order valence-electron chi connectivity index (χ4n) is 1.48. The summed E-state index contributed by atoms with van der Waals surface area (Å²) in [5, 5.41) is 0. The molecule has 0 heterocycles. The summed E-state index contributed by atoms with van der Waals surface area (Å²) in [7, 11) is -4.64. The molecule has 0 amide bonds. The maximum absolute atomic E-state index is 8.88. The monoisotopic (exact) mass is 310 g/mol. The Morgan fingerprint density at radius 3 is 2.15 bits per heavy atom. The Hall–Kier alpha value is 0.330. The molecule has 0 spiro atoms. The van der Waals surface area contributed by atoms with E-state index >= 15 is 0 Å². The summed E-state index contributed by atoms with van der Waals surface area (Å²) in [6, 6.07) is 9.87. The van der Waals surface area contributed by atoms with Crippen LogP contribution in [0, 0.1) is 6.07 Å². The van der Waals surface area contributed by atoms with Crippen molar-refractivity contribution in [2.75, 3.05) is 0 Å². The normalized spacial score (nSPS) is 11.2. The van der Waals surface area contributed by atoms with Crippen LogP contribution in [0.4, 0.5) is 0 Å². The topological polar surface area (TPSA) is 77.8 Å². The quantitative estimate of drug-likeness (QED) is 0.423. The Labute approximate surface area is 144 Å². The first-order valence-electron chi connectivity index (χ1n) is 6.33. The van der Waals surface area contributed by atoms with Gasteiger partial charge in [-0.2, -0.15) is 35.4 Å². The molecular formula is C14H24NaO4P. The molecule has 110 valence electrons. The van der Waals surface area contributed by atoms with E-state index in [1.165, 1.54) is 30.4 Å². The second-order valence-electron chi connectivity index (χ2n) is 5.48. The molecule has 0 unspecified atom stereocenters. The van der Waals surface area contributed by atoms with Gasteiger partial charge in [0.1, 0.15) is 0 Å². The van der Waals surface area contributed by atoms with E-state index in [0.29, 0.717) is 0 Å². The van der Waals surface area contributed by atoms with Gasteiger partial charge in [0.05, 0.1) is 0 Å². The van der Waals surface area contributed by atoms with Gasteiger partial charge in [-0.15, -0.1) is 0 Å². The number of hydrogen-bond acceptors (Lipinski definition) is 1. The summed E-state index contributed by atoms with van der Waals surface area (Å²) in [6.45, 7) is 8.95. The van der Waals surface area contributed by atoms with Crippen LogP contribution in [0.1, 0.15) is 51.7 Å². The maximum atomic E-state index is 8.88. The van der Waals surface area contributed by atoms with E-state index in [-0.39, 0.29) is 35.0 Å². The smallest absolute Gasteiger partial charge is 0.303 e. The molecule has 0 saturated heterocycles. The molecule has 0 aliphatic heterocycles. The third-order valence-electron chi connectivity index (χ3n) is 2.49. The zero-order valence-corrected chi connectivity index (χ0v) is 15.9. The Balaban J connectivity index is 0. The number of benzene rings is 1. The molecule has 0 aliphatic carbocycles. The van der Waals surface area contributed by atoms with Gasteiger partial charge >= 0.3 is 37.4 Å². The molecule has 0 bridgehead atoms. The number of phosphoric acid groups is 1. The van der Waals surface area contributed by atoms with Gasteiger partial charge in [-0.3, -0.25) is 0 Å². The van der Waals surface area contributed by atoms with Crippen LogP contribution in [0.5, 0.6) is 0 Å². The summed E-state index contributed by atoms with van der Waals surface area (Å²) in [5.74, 6) is 0. The van der Waals surface area contributed by atoms with Crippen LogP contribution in [-0.4, -0.2) is 14.7 Å².